The van der Waals surface area contributed by atoms with Crippen LogP contribution >= 0.6 is 0 Å². The SMILES string of the molecule is CC(C)CN1CCC1CC(C)C1CCC1. The van der Waals surface area contributed by atoms with E-state index < -0.39 is 0 Å². The van der Waals surface area contributed by atoms with Crippen molar-refractivity contribution in [1.29, 1.82) is 0 Å². The van der Waals surface area contributed by atoms with E-state index in [1.807, 2.05) is 0 Å². The first-order valence-corrected chi connectivity index (χ1v) is 6.91. The van der Waals surface area contributed by atoms with Gasteiger partial charge in [0, 0.05) is 12.6 Å². The van der Waals surface area contributed by atoms with Crippen LogP contribution in [0.4, 0.5) is 0 Å². The number of rotatable bonds is 5. The fourth-order valence-electron chi connectivity index (χ4n) is 3.10. The van der Waals surface area contributed by atoms with E-state index in [4.69, 9.17) is 0 Å². The molecule has 0 bridgehead atoms. The van der Waals surface area contributed by atoms with Gasteiger partial charge in [0.15, 0.2) is 0 Å². The fraction of sp³-hybridized carbons (Fsp3) is 1.00. The van der Waals surface area contributed by atoms with E-state index >= 15 is 0 Å². The quantitative estimate of drug-likeness (QED) is 0.669. The third kappa shape index (κ3) is 2.75. The van der Waals surface area contributed by atoms with E-state index in [1.165, 1.54) is 45.2 Å². The van der Waals surface area contributed by atoms with Crippen LogP contribution in [0.25, 0.3) is 0 Å². The summed E-state index contributed by atoms with van der Waals surface area (Å²) < 4.78 is 0. The first-order chi connectivity index (χ1) is 7.16. The Labute approximate surface area is 95.2 Å². The molecule has 1 saturated carbocycles. The van der Waals surface area contributed by atoms with E-state index in [-0.39, 0.29) is 0 Å². The van der Waals surface area contributed by atoms with Crippen molar-refractivity contribution in [2.75, 3.05) is 13.1 Å². The van der Waals surface area contributed by atoms with Crippen molar-refractivity contribution in [2.45, 2.75) is 58.9 Å². The highest BCUT2D eigenvalue weighted by molar-refractivity contribution is 4.87. The Morgan fingerprint density at radius 3 is 2.27 bits per heavy atom. The van der Waals surface area contributed by atoms with Crippen molar-refractivity contribution in [2.24, 2.45) is 17.8 Å². The zero-order valence-corrected chi connectivity index (χ0v) is 10.7. The van der Waals surface area contributed by atoms with Gasteiger partial charge in [-0.2, -0.15) is 0 Å². The predicted octanol–water partition coefficient (Wildman–Crippen LogP) is 3.54. The van der Waals surface area contributed by atoms with Crippen LogP contribution in [0.2, 0.25) is 0 Å². The highest BCUT2D eigenvalue weighted by atomic mass is 15.2. The van der Waals surface area contributed by atoms with Gasteiger partial charge in [-0.25, -0.2) is 0 Å². The summed E-state index contributed by atoms with van der Waals surface area (Å²) in [5.41, 5.74) is 0. The molecular weight excluding hydrogens is 182 g/mol. The second-order valence-corrected chi connectivity index (χ2v) is 6.24. The van der Waals surface area contributed by atoms with Crippen LogP contribution in [-0.4, -0.2) is 24.0 Å². The minimum absolute atomic E-state index is 0.840. The zero-order valence-electron chi connectivity index (χ0n) is 10.7. The van der Waals surface area contributed by atoms with Crippen LogP contribution in [-0.2, 0) is 0 Å². The monoisotopic (exact) mass is 209 g/mol. The molecule has 15 heavy (non-hydrogen) atoms. The second-order valence-electron chi connectivity index (χ2n) is 6.24. The third-order valence-corrected chi connectivity index (χ3v) is 4.46. The van der Waals surface area contributed by atoms with Crippen molar-refractivity contribution >= 4 is 0 Å². The van der Waals surface area contributed by atoms with Crippen LogP contribution < -0.4 is 0 Å². The summed E-state index contributed by atoms with van der Waals surface area (Å²) in [6, 6.07) is 0.933. The van der Waals surface area contributed by atoms with E-state index in [1.54, 1.807) is 0 Å². The van der Waals surface area contributed by atoms with Crippen molar-refractivity contribution in [1.82, 2.24) is 4.90 Å². The lowest BCUT2D eigenvalue weighted by Crippen LogP contribution is -2.50. The van der Waals surface area contributed by atoms with Gasteiger partial charge in [-0.15, -0.1) is 0 Å². The number of likely N-dealkylation sites (tertiary alicyclic amines) is 1. The molecule has 1 heteroatoms. The van der Waals surface area contributed by atoms with Gasteiger partial charge in [0.2, 0.25) is 0 Å². The molecule has 1 aliphatic heterocycles. The molecule has 0 aromatic carbocycles. The van der Waals surface area contributed by atoms with Crippen LogP contribution in [0.5, 0.6) is 0 Å². The highest BCUT2D eigenvalue weighted by Crippen LogP contribution is 2.37. The summed E-state index contributed by atoms with van der Waals surface area (Å²) in [5, 5.41) is 0. The van der Waals surface area contributed by atoms with Gasteiger partial charge in [-0.3, -0.25) is 0 Å². The lowest BCUT2D eigenvalue weighted by molar-refractivity contribution is 0.0449. The maximum absolute atomic E-state index is 2.71. The number of hydrogen-bond donors (Lipinski definition) is 0. The summed E-state index contributed by atoms with van der Waals surface area (Å²) in [4.78, 5) is 2.71. The maximum Gasteiger partial charge on any atom is 0.0110 e. The molecular formula is C14H27N. The van der Waals surface area contributed by atoms with Crippen molar-refractivity contribution < 1.29 is 0 Å². The maximum atomic E-state index is 2.71. The second kappa shape index (κ2) is 4.86. The summed E-state index contributed by atoms with van der Waals surface area (Å²) in [7, 11) is 0. The van der Waals surface area contributed by atoms with Crippen LogP contribution in [0.15, 0.2) is 0 Å². The lowest BCUT2D eigenvalue weighted by Gasteiger charge is -2.45. The zero-order chi connectivity index (χ0) is 10.8. The summed E-state index contributed by atoms with van der Waals surface area (Å²) in [5.74, 6) is 2.90. The minimum atomic E-state index is 0.840. The van der Waals surface area contributed by atoms with Crippen molar-refractivity contribution in [3.8, 4) is 0 Å². The first kappa shape index (κ1) is 11.4. The Hall–Kier alpha value is -0.0400. The van der Waals surface area contributed by atoms with E-state index in [0.29, 0.717) is 0 Å². The molecule has 0 spiro atoms. The van der Waals surface area contributed by atoms with Crippen LogP contribution in [0.1, 0.15) is 52.9 Å². The molecule has 0 radical (unpaired) electrons. The number of nitrogens with zero attached hydrogens (tertiary/aromatic N) is 1. The largest absolute Gasteiger partial charge is 0.300 e. The Balaban J connectivity index is 1.69. The molecule has 2 aliphatic rings. The third-order valence-electron chi connectivity index (χ3n) is 4.46. The van der Waals surface area contributed by atoms with Gasteiger partial charge in [-0.05, 0) is 37.1 Å². The summed E-state index contributed by atoms with van der Waals surface area (Å²) in [6.45, 7) is 9.84. The van der Waals surface area contributed by atoms with Gasteiger partial charge in [0.05, 0.1) is 0 Å². The van der Waals surface area contributed by atoms with Gasteiger partial charge >= 0.3 is 0 Å². The van der Waals surface area contributed by atoms with Gasteiger partial charge in [-0.1, -0.05) is 40.0 Å². The Morgan fingerprint density at radius 1 is 1.13 bits per heavy atom. The molecule has 88 valence electrons. The van der Waals surface area contributed by atoms with E-state index in [2.05, 4.69) is 25.7 Å². The highest BCUT2D eigenvalue weighted by Gasteiger charge is 2.32. The molecule has 2 atom stereocenters. The van der Waals surface area contributed by atoms with Gasteiger partial charge < -0.3 is 4.90 Å². The standard InChI is InChI=1S/C14H27N/c1-11(2)10-15-8-7-14(15)9-12(3)13-5-4-6-13/h11-14H,4-10H2,1-3H3. The molecule has 1 saturated heterocycles. The van der Waals surface area contributed by atoms with E-state index in [0.717, 1.165) is 23.8 Å². The molecule has 1 heterocycles. The van der Waals surface area contributed by atoms with Crippen LogP contribution in [0, 0.1) is 17.8 Å². The first-order valence-electron chi connectivity index (χ1n) is 6.91. The van der Waals surface area contributed by atoms with E-state index in [9.17, 15) is 0 Å². The smallest absolute Gasteiger partial charge is 0.0110 e. The molecule has 0 N–H and O–H groups in total. The Bertz CT molecular complexity index is 196. The van der Waals surface area contributed by atoms with Crippen molar-refractivity contribution in [3.63, 3.8) is 0 Å². The fourth-order valence-corrected chi connectivity index (χ4v) is 3.10. The molecule has 2 rings (SSSR count). The normalized spacial score (nSPS) is 30.0. The Kier molecular flexibility index (Phi) is 3.71. The van der Waals surface area contributed by atoms with Gasteiger partial charge in [0.1, 0.15) is 0 Å². The minimum Gasteiger partial charge on any atom is -0.300 e. The molecule has 2 fully saturated rings. The molecule has 0 aromatic rings. The average molecular weight is 209 g/mol. The predicted molar refractivity (Wildman–Crippen MR) is 65.9 cm³/mol. The number of hydrogen-bond acceptors (Lipinski definition) is 1. The average Bonchev–Trinajstić information content (AvgIpc) is 2.05. The topological polar surface area (TPSA) is 3.24 Å². The summed E-state index contributed by atoms with van der Waals surface area (Å²) >= 11 is 0. The molecule has 0 aromatic heterocycles. The lowest BCUT2D eigenvalue weighted by atomic mass is 9.73. The molecule has 1 aliphatic carbocycles. The van der Waals surface area contributed by atoms with Crippen LogP contribution in [0.3, 0.4) is 0 Å². The summed E-state index contributed by atoms with van der Waals surface area (Å²) in [6.07, 6.45) is 7.45. The van der Waals surface area contributed by atoms with Gasteiger partial charge in [0.25, 0.3) is 0 Å². The Morgan fingerprint density at radius 2 is 1.87 bits per heavy atom. The molecule has 1 nitrogen and oxygen atoms in total. The molecule has 0 amide bonds. The molecule has 2 unspecified atom stereocenters. The van der Waals surface area contributed by atoms with Crippen molar-refractivity contribution in [3.05, 3.63) is 0 Å².